The molecule has 0 spiro atoms. The number of amides is 1. The Balaban J connectivity index is 1.82. The molecule has 2 N–H and O–H groups in total. The van der Waals surface area contributed by atoms with Crippen molar-refractivity contribution in [2.45, 2.75) is 39.2 Å². The van der Waals surface area contributed by atoms with E-state index < -0.39 is 5.97 Å². The van der Waals surface area contributed by atoms with Crippen LogP contribution in [0.3, 0.4) is 0 Å². The molecule has 1 aromatic carbocycles. The molecule has 0 saturated carbocycles. The molecule has 1 amide bonds. The summed E-state index contributed by atoms with van der Waals surface area (Å²) in [5.74, 6) is -1.02. The Morgan fingerprint density at radius 3 is 2.61 bits per heavy atom. The van der Waals surface area contributed by atoms with Crippen LogP contribution in [-0.4, -0.2) is 22.0 Å². The van der Waals surface area contributed by atoms with Crippen LogP contribution in [0, 0.1) is 6.92 Å². The number of hydrogen-bond donors (Lipinski definition) is 2. The molecular formula is C17H20N2O3S. The molecule has 1 aromatic heterocycles. The minimum Gasteiger partial charge on any atom is -0.477 e. The zero-order chi connectivity index (χ0) is 16.8. The number of aromatic nitrogens is 1. The fraction of sp³-hybridized carbons (Fsp3) is 0.353. The monoisotopic (exact) mass is 332 g/mol. The van der Waals surface area contributed by atoms with E-state index >= 15 is 0 Å². The van der Waals surface area contributed by atoms with Crippen LogP contribution in [0.25, 0.3) is 0 Å². The quantitative estimate of drug-likeness (QED) is 0.815. The molecule has 2 rings (SSSR count). The number of rotatable bonds is 7. The lowest BCUT2D eigenvalue weighted by Gasteiger charge is -2.11. The Hall–Kier alpha value is -2.21. The van der Waals surface area contributed by atoms with Crippen molar-refractivity contribution in [2.24, 2.45) is 0 Å². The van der Waals surface area contributed by atoms with Gasteiger partial charge >= 0.3 is 5.97 Å². The van der Waals surface area contributed by atoms with Crippen LogP contribution in [0.5, 0.6) is 0 Å². The third-order valence-corrected chi connectivity index (χ3v) is 4.80. The number of carboxylic acids is 1. The number of nitrogens with zero attached hydrogens (tertiary/aromatic N) is 1. The van der Waals surface area contributed by atoms with E-state index in [1.807, 2.05) is 37.3 Å². The molecule has 0 radical (unpaired) electrons. The van der Waals surface area contributed by atoms with Gasteiger partial charge in [-0.25, -0.2) is 9.78 Å². The maximum atomic E-state index is 12.0. The van der Waals surface area contributed by atoms with E-state index in [2.05, 4.69) is 10.3 Å². The Morgan fingerprint density at radius 1 is 1.30 bits per heavy atom. The first kappa shape index (κ1) is 17.1. The molecule has 0 aliphatic carbocycles. The highest BCUT2D eigenvalue weighted by atomic mass is 32.1. The zero-order valence-electron chi connectivity index (χ0n) is 13.2. The molecule has 6 heteroatoms. The average Bonchev–Trinajstić information content (AvgIpc) is 2.90. The molecule has 2 aromatic rings. The third-order valence-electron chi connectivity index (χ3n) is 3.47. The van der Waals surface area contributed by atoms with Gasteiger partial charge in [-0.3, -0.25) is 4.79 Å². The van der Waals surface area contributed by atoms with Crippen molar-refractivity contribution < 1.29 is 14.7 Å². The van der Waals surface area contributed by atoms with Gasteiger partial charge in [0.1, 0.15) is 9.88 Å². The number of aryl methyl sites for hydroxylation is 2. The topological polar surface area (TPSA) is 79.3 Å². The lowest BCUT2D eigenvalue weighted by Crippen LogP contribution is -2.26. The second kappa shape index (κ2) is 7.87. The van der Waals surface area contributed by atoms with Crippen LogP contribution in [0.15, 0.2) is 30.3 Å². The number of aromatic carboxylic acids is 1. The van der Waals surface area contributed by atoms with Gasteiger partial charge in [0.25, 0.3) is 0 Å². The molecule has 0 fully saturated rings. The largest absolute Gasteiger partial charge is 0.477 e. The van der Waals surface area contributed by atoms with Crippen molar-refractivity contribution in [1.29, 1.82) is 0 Å². The van der Waals surface area contributed by atoms with Gasteiger partial charge in [-0.15, -0.1) is 11.3 Å². The second-order valence-electron chi connectivity index (χ2n) is 5.40. The van der Waals surface area contributed by atoms with E-state index in [1.54, 1.807) is 6.92 Å². The SMILES string of the molecule is Cc1nc(C(C)NC(=O)CCCc2ccccc2)sc1C(=O)O. The molecule has 1 heterocycles. The van der Waals surface area contributed by atoms with E-state index in [-0.39, 0.29) is 16.8 Å². The molecule has 0 saturated heterocycles. The number of thiazole rings is 1. The maximum Gasteiger partial charge on any atom is 0.347 e. The molecule has 5 nitrogen and oxygen atoms in total. The van der Waals surface area contributed by atoms with Crippen molar-refractivity contribution in [3.63, 3.8) is 0 Å². The van der Waals surface area contributed by atoms with Gasteiger partial charge in [0.15, 0.2) is 0 Å². The van der Waals surface area contributed by atoms with Crippen LogP contribution in [0.2, 0.25) is 0 Å². The predicted octanol–water partition coefficient (Wildman–Crippen LogP) is 3.35. The van der Waals surface area contributed by atoms with Gasteiger partial charge < -0.3 is 10.4 Å². The highest BCUT2D eigenvalue weighted by Crippen LogP contribution is 2.23. The summed E-state index contributed by atoms with van der Waals surface area (Å²) < 4.78 is 0. The molecule has 1 atom stereocenters. The summed E-state index contributed by atoms with van der Waals surface area (Å²) in [4.78, 5) is 27.5. The predicted molar refractivity (Wildman–Crippen MR) is 89.7 cm³/mol. The highest BCUT2D eigenvalue weighted by Gasteiger charge is 2.18. The summed E-state index contributed by atoms with van der Waals surface area (Å²) in [7, 11) is 0. The summed E-state index contributed by atoms with van der Waals surface area (Å²) in [6, 6.07) is 9.76. The minimum atomic E-state index is -0.979. The van der Waals surface area contributed by atoms with Crippen molar-refractivity contribution >= 4 is 23.2 Å². The molecule has 0 aliphatic rings. The Bertz CT molecular complexity index is 682. The van der Waals surface area contributed by atoms with Gasteiger partial charge in [-0.1, -0.05) is 30.3 Å². The van der Waals surface area contributed by atoms with Gasteiger partial charge in [0.2, 0.25) is 5.91 Å². The number of carbonyl (C=O) groups excluding carboxylic acids is 1. The second-order valence-corrected chi connectivity index (χ2v) is 6.43. The van der Waals surface area contributed by atoms with Crippen LogP contribution < -0.4 is 5.32 Å². The van der Waals surface area contributed by atoms with Crippen LogP contribution in [0.4, 0.5) is 0 Å². The number of nitrogens with one attached hydrogen (secondary N) is 1. The third kappa shape index (κ3) is 4.89. The Kier molecular flexibility index (Phi) is 5.87. The van der Waals surface area contributed by atoms with Crippen LogP contribution in [0.1, 0.15) is 51.7 Å². The molecule has 23 heavy (non-hydrogen) atoms. The fourth-order valence-electron chi connectivity index (χ4n) is 2.27. The molecule has 0 bridgehead atoms. The summed E-state index contributed by atoms with van der Waals surface area (Å²) >= 11 is 1.11. The summed E-state index contributed by atoms with van der Waals surface area (Å²) in [5.41, 5.74) is 1.71. The van der Waals surface area contributed by atoms with E-state index in [4.69, 9.17) is 5.11 Å². The molecule has 122 valence electrons. The van der Waals surface area contributed by atoms with Crippen molar-refractivity contribution in [3.05, 3.63) is 51.5 Å². The number of carbonyl (C=O) groups is 2. The summed E-state index contributed by atoms with van der Waals surface area (Å²) in [6.45, 7) is 3.48. The minimum absolute atomic E-state index is 0.0434. The van der Waals surface area contributed by atoms with Gasteiger partial charge in [-0.2, -0.15) is 0 Å². The fourth-order valence-corrected chi connectivity index (χ4v) is 3.18. The number of carboxylic acid groups (broad SMARTS) is 1. The van der Waals surface area contributed by atoms with Gasteiger partial charge in [0.05, 0.1) is 11.7 Å². The summed E-state index contributed by atoms with van der Waals surface area (Å²) in [5, 5.41) is 12.5. The Labute approximate surface area is 139 Å². The smallest absolute Gasteiger partial charge is 0.347 e. The molecule has 1 unspecified atom stereocenters. The highest BCUT2D eigenvalue weighted by molar-refractivity contribution is 7.13. The summed E-state index contributed by atoms with van der Waals surface area (Å²) in [6.07, 6.45) is 2.08. The molecule has 0 aliphatic heterocycles. The first-order chi connectivity index (χ1) is 11.0. The number of hydrogen-bond acceptors (Lipinski definition) is 4. The first-order valence-corrected chi connectivity index (χ1v) is 8.33. The van der Waals surface area contributed by atoms with Crippen molar-refractivity contribution in [1.82, 2.24) is 10.3 Å². The van der Waals surface area contributed by atoms with E-state index in [0.717, 1.165) is 24.2 Å². The Morgan fingerprint density at radius 2 is 2.00 bits per heavy atom. The van der Waals surface area contributed by atoms with Crippen molar-refractivity contribution in [3.8, 4) is 0 Å². The normalized spacial score (nSPS) is 11.9. The van der Waals surface area contributed by atoms with Gasteiger partial charge in [0, 0.05) is 6.42 Å². The first-order valence-electron chi connectivity index (χ1n) is 7.51. The molecular weight excluding hydrogens is 312 g/mol. The van der Waals surface area contributed by atoms with E-state index in [9.17, 15) is 9.59 Å². The lowest BCUT2D eigenvalue weighted by atomic mass is 10.1. The number of benzene rings is 1. The van der Waals surface area contributed by atoms with E-state index in [1.165, 1.54) is 5.56 Å². The van der Waals surface area contributed by atoms with E-state index in [0.29, 0.717) is 17.1 Å². The van der Waals surface area contributed by atoms with Crippen LogP contribution in [-0.2, 0) is 11.2 Å². The average molecular weight is 332 g/mol. The lowest BCUT2D eigenvalue weighted by molar-refractivity contribution is -0.121. The van der Waals surface area contributed by atoms with Gasteiger partial charge in [-0.05, 0) is 32.3 Å². The maximum absolute atomic E-state index is 12.0. The van der Waals surface area contributed by atoms with Crippen molar-refractivity contribution in [2.75, 3.05) is 0 Å². The zero-order valence-corrected chi connectivity index (χ0v) is 14.0. The van der Waals surface area contributed by atoms with Crippen LogP contribution >= 0.6 is 11.3 Å². The standard InChI is InChI=1S/C17H20N2O3S/c1-11-15(17(21)22)23-16(19-11)12(2)18-14(20)10-6-9-13-7-4-3-5-8-13/h3-5,7-8,12H,6,9-10H2,1-2H3,(H,18,20)(H,21,22).